The van der Waals surface area contributed by atoms with Crippen LogP contribution in [0.25, 0.3) is 0 Å². The van der Waals surface area contributed by atoms with Crippen molar-refractivity contribution in [3.05, 3.63) is 35.4 Å². The molecule has 0 bridgehead atoms. The summed E-state index contributed by atoms with van der Waals surface area (Å²) in [5, 5.41) is 6.51. The number of hydrogen-bond acceptors (Lipinski definition) is 3. The predicted molar refractivity (Wildman–Crippen MR) is 107 cm³/mol. The van der Waals surface area contributed by atoms with Crippen LogP contribution in [0.4, 0.5) is 13.2 Å². The first-order valence-electron chi connectivity index (χ1n) is 9.89. The van der Waals surface area contributed by atoms with Gasteiger partial charge in [-0.3, -0.25) is 14.8 Å². The number of rotatable bonds is 8. The zero-order valence-corrected chi connectivity index (χ0v) is 17.0. The molecule has 0 amide bonds. The number of halogens is 3. The standard InChI is InChI=1S/C20H32F3N5/c1-4-27(5-2)13-17-8-6-7-16(11-17)12-25-19(24-3)26-18-9-10-28(14-18)15-20(21,22)23/h6-8,11,18H,4-5,9-10,12-15H2,1-3H3,(H2,24,25,26). The van der Waals surface area contributed by atoms with Crippen molar-refractivity contribution in [3.8, 4) is 0 Å². The molecule has 0 saturated carbocycles. The fourth-order valence-electron chi connectivity index (χ4n) is 3.46. The van der Waals surface area contributed by atoms with Crippen molar-refractivity contribution in [1.29, 1.82) is 0 Å². The molecule has 8 heteroatoms. The van der Waals surface area contributed by atoms with E-state index in [4.69, 9.17) is 0 Å². The van der Waals surface area contributed by atoms with E-state index < -0.39 is 12.7 Å². The van der Waals surface area contributed by atoms with Crippen LogP contribution in [0.3, 0.4) is 0 Å². The fourth-order valence-corrected chi connectivity index (χ4v) is 3.46. The molecular formula is C20H32F3N5. The van der Waals surface area contributed by atoms with E-state index in [0.29, 0.717) is 32.0 Å². The van der Waals surface area contributed by atoms with Gasteiger partial charge in [0.05, 0.1) is 6.54 Å². The number of alkyl halides is 3. The van der Waals surface area contributed by atoms with E-state index in [1.54, 1.807) is 7.05 Å². The minimum Gasteiger partial charge on any atom is -0.352 e. The predicted octanol–water partition coefficient (Wildman–Crippen LogP) is 2.83. The van der Waals surface area contributed by atoms with Gasteiger partial charge in [0, 0.05) is 39.3 Å². The number of nitrogens with one attached hydrogen (secondary N) is 2. The Kier molecular flexibility index (Phi) is 8.57. The van der Waals surface area contributed by atoms with Crippen LogP contribution >= 0.6 is 0 Å². The summed E-state index contributed by atoms with van der Waals surface area (Å²) in [5.74, 6) is 0.619. The van der Waals surface area contributed by atoms with Gasteiger partial charge in [-0.25, -0.2) is 0 Å². The first-order chi connectivity index (χ1) is 13.3. The van der Waals surface area contributed by atoms with Gasteiger partial charge in [-0.1, -0.05) is 38.1 Å². The molecule has 1 unspecified atom stereocenters. The molecule has 28 heavy (non-hydrogen) atoms. The summed E-state index contributed by atoms with van der Waals surface area (Å²) in [6, 6.07) is 8.40. The fraction of sp³-hybridized carbons (Fsp3) is 0.650. The smallest absolute Gasteiger partial charge is 0.352 e. The lowest BCUT2D eigenvalue weighted by Crippen LogP contribution is -2.44. The molecule has 1 aliphatic rings. The Labute approximate surface area is 166 Å². The molecule has 1 heterocycles. The maximum Gasteiger partial charge on any atom is 0.401 e. The molecule has 0 aliphatic carbocycles. The van der Waals surface area contributed by atoms with Gasteiger partial charge in [0.25, 0.3) is 0 Å². The topological polar surface area (TPSA) is 42.9 Å². The molecule has 1 saturated heterocycles. The van der Waals surface area contributed by atoms with Crippen molar-refractivity contribution in [3.63, 3.8) is 0 Å². The average molecular weight is 400 g/mol. The van der Waals surface area contributed by atoms with Crippen LogP contribution in [0.2, 0.25) is 0 Å². The van der Waals surface area contributed by atoms with Crippen LogP contribution in [0.1, 0.15) is 31.4 Å². The normalized spacial score (nSPS) is 18.7. The van der Waals surface area contributed by atoms with Gasteiger partial charge >= 0.3 is 6.18 Å². The molecule has 1 fully saturated rings. The Bertz CT molecular complexity index is 629. The van der Waals surface area contributed by atoms with Gasteiger partial charge < -0.3 is 10.6 Å². The third-order valence-electron chi connectivity index (χ3n) is 4.99. The molecule has 5 nitrogen and oxygen atoms in total. The maximum atomic E-state index is 12.5. The first-order valence-corrected chi connectivity index (χ1v) is 9.89. The van der Waals surface area contributed by atoms with Crippen molar-refractivity contribution in [2.24, 2.45) is 4.99 Å². The Morgan fingerprint density at radius 1 is 1.25 bits per heavy atom. The number of guanidine groups is 1. The van der Waals surface area contributed by atoms with Crippen LogP contribution in [0.5, 0.6) is 0 Å². The van der Waals surface area contributed by atoms with Crippen LogP contribution in [-0.4, -0.2) is 67.7 Å². The first kappa shape index (κ1) is 22.5. The van der Waals surface area contributed by atoms with E-state index in [-0.39, 0.29) is 6.04 Å². The highest BCUT2D eigenvalue weighted by Gasteiger charge is 2.34. The van der Waals surface area contributed by atoms with Crippen LogP contribution in [-0.2, 0) is 13.1 Å². The summed E-state index contributed by atoms with van der Waals surface area (Å²) in [6.07, 6.45) is -3.47. The highest BCUT2D eigenvalue weighted by atomic mass is 19.4. The number of hydrogen-bond donors (Lipinski definition) is 2. The lowest BCUT2D eigenvalue weighted by Gasteiger charge is -2.20. The van der Waals surface area contributed by atoms with E-state index in [1.807, 2.05) is 0 Å². The second-order valence-corrected chi connectivity index (χ2v) is 7.19. The Hall–Kier alpha value is -1.80. The van der Waals surface area contributed by atoms with E-state index in [9.17, 15) is 13.2 Å². The molecule has 1 aromatic carbocycles. The minimum absolute atomic E-state index is 0.0254. The summed E-state index contributed by atoms with van der Waals surface area (Å²) in [6.45, 7) is 7.85. The molecule has 1 atom stereocenters. The van der Waals surface area contributed by atoms with Gasteiger partial charge in [0.1, 0.15) is 0 Å². The zero-order valence-electron chi connectivity index (χ0n) is 17.0. The van der Waals surface area contributed by atoms with E-state index in [2.05, 4.69) is 58.6 Å². The van der Waals surface area contributed by atoms with Crippen LogP contribution < -0.4 is 10.6 Å². The largest absolute Gasteiger partial charge is 0.401 e. The second-order valence-electron chi connectivity index (χ2n) is 7.19. The second kappa shape index (κ2) is 10.7. The van der Waals surface area contributed by atoms with Gasteiger partial charge in [-0.05, 0) is 30.6 Å². The molecule has 1 aromatic rings. The third-order valence-corrected chi connectivity index (χ3v) is 4.99. The van der Waals surface area contributed by atoms with Crippen molar-refractivity contribution in [1.82, 2.24) is 20.4 Å². The number of likely N-dealkylation sites (tertiary alicyclic amines) is 1. The number of nitrogens with zero attached hydrogens (tertiary/aromatic N) is 3. The Balaban J connectivity index is 1.83. The van der Waals surface area contributed by atoms with Gasteiger partial charge in [0.2, 0.25) is 0 Å². The highest BCUT2D eigenvalue weighted by molar-refractivity contribution is 5.80. The molecule has 158 valence electrons. The van der Waals surface area contributed by atoms with Gasteiger partial charge in [-0.15, -0.1) is 0 Å². The number of benzene rings is 1. The average Bonchev–Trinajstić information content (AvgIpc) is 3.08. The zero-order chi connectivity index (χ0) is 20.6. The van der Waals surface area contributed by atoms with E-state index in [0.717, 1.165) is 25.2 Å². The minimum atomic E-state index is -4.15. The Morgan fingerprint density at radius 3 is 2.61 bits per heavy atom. The third kappa shape index (κ3) is 7.67. The summed E-state index contributed by atoms with van der Waals surface area (Å²) in [4.78, 5) is 8.00. The van der Waals surface area contributed by atoms with Crippen molar-refractivity contribution >= 4 is 5.96 Å². The van der Waals surface area contributed by atoms with Gasteiger partial charge in [-0.2, -0.15) is 13.2 Å². The van der Waals surface area contributed by atoms with Gasteiger partial charge in [0.15, 0.2) is 5.96 Å². The highest BCUT2D eigenvalue weighted by Crippen LogP contribution is 2.19. The quantitative estimate of drug-likeness (QED) is 0.521. The lowest BCUT2D eigenvalue weighted by molar-refractivity contribution is -0.143. The molecule has 0 radical (unpaired) electrons. The Morgan fingerprint density at radius 2 is 1.96 bits per heavy atom. The van der Waals surface area contributed by atoms with Crippen LogP contribution in [0.15, 0.2) is 29.3 Å². The van der Waals surface area contributed by atoms with Crippen molar-refractivity contribution in [2.45, 2.75) is 45.6 Å². The van der Waals surface area contributed by atoms with E-state index in [1.165, 1.54) is 10.5 Å². The van der Waals surface area contributed by atoms with Crippen molar-refractivity contribution < 1.29 is 13.2 Å². The SMILES string of the molecule is CCN(CC)Cc1cccc(CNC(=NC)NC2CCN(CC(F)(F)F)C2)c1. The summed E-state index contributed by atoms with van der Waals surface area (Å²) >= 11 is 0. The molecule has 2 N–H and O–H groups in total. The summed E-state index contributed by atoms with van der Waals surface area (Å²) < 4.78 is 37.6. The molecular weight excluding hydrogens is 367 g/mol. The van der Waals surface area contributed by atoms with Crippen molar-refractivity contribution in [2.75, 3.05) is 39.8 Å². The molecule has 1 aliphatic heterocycles. The molecule has 0 spiro atoms. The number of aliphatic imine (C=N–C) groups is 1. The summed E-state index contributed by atoms with van der Waals surface area (Å²) in [7, 11) is 1.68. The molecule has 0 aromatic heterocycles. The summed E-state index contributed by atoms with van der Waals surface area (Å²) in [5.41, 5.74) is 2.42. The van der Waals surface area contributed by atoms with E-state index >= 15 is 0 Å². The lowest BCUT2D eigenvalue weighted by atomic mass is 10.1. The monoisotopic (exact) mass is 399 g/mol. The van der Waals surface area contributed by atoms with Crippen LogP contribution in [0, 0.1) is 0 Å². The maximum absolute atomic E-state index is 12.5. The molecule has 2 rings (SSSR count).